The zero-order chi connectivity index (χ0) is 12.5. The van der Waals surface area contributed by atoms with E-state index in [-0.39, 0.29) is 0 Å². The Morgan fingerprint density at radius 3 is 2.78 bits per heavy atom. The zero-order valence-electron chi connectivity index (χ0n) is 10.0. The zero-order valence-corrected chi connectivity index (χ0v) is 10.0. The molecule has 0 aliphatic rings. The van der Waals surface area contributed by atoms with E-state index in [0.29, 0.717) is 12.2 Å². The summed E-state index contributed by atoms with van der Waals surface area (Å²) in [6.45, 7) is 0. The van der Waals surface area contributed by atoms with E-state index >= 15 is 0 Å². The average Bonchev–Trinajstić information content (AvgIpc) is 2.70. The van der Waals surface area contributed by atoms with Gasteiger partial charge in [0.15, 0.2) is 5.65 Å². The number of rotatable bonds is 2. The molecule has 0 saturated carbocycles. The van der Waals surface area contributed by atoms with Crippen LogP contribution < -0.4 is 0 Å². The van der Waals surface area contributed by atoms with Crippen molar-refractivity contribution >= 4 is 11.2 Å². The molecule has 18 heavy (non-hydrogen) atoms. The number of phenols is 1. The highest BCUT2D eigenvalue weighted by atomic mass is 16.3. The van der Waals surface area contributed by atoms with Gasteiger partial charge in [0.05, 0.1) is 0 Å². The molecule has 2 heterocycles. The Labute approximate surface area is 105 Å². The highest BCUT2D eigenvalue weighted by Crippen LogP contribution is 2.20. The number of fused-ring (bicyclic) bond motifs is 1. The van der Waals surface area contributed by atoms with Gasteiger partial charge < -0.3 is 9.67 Å². The SMILES string of the molecule is Cn1c(Cc2ccccc2O)nc2cccnc21. The normalized spacial score (nSPS) is 10.9. The molecule has 0 aliphatic heterocycles. The lowest BCUT2D eigenvalue weighted by molar-refractivity contribution is 0.469. The minimum Gasteiger partial charge on any atom is -0.508 e. The predicted octanol–water partition coefficient (Wildman–Crippen LogP) is 2.26. The van der Waals surface area contributed by atoms with Crippen LogP contribution in [0.2, 0.25) is 0 Å². The van der Waals surface area contributed by atoms with Crippen LogP contribution in [0.15, 0.2) is 42.6 Å². The van der Waals surface area contributed by atoms with Gasteiger partial charge >= 0.3 is 0 Å². The summed E-state index contributed by atoms with van der Waals surface area (Å²) in [5.74, 6) is 1.20. The third kappa shape index (κ3) is 1.72. The molecule has 3 rings (SSSR count). The first-order chi connectivity index (χ1) is 8.75. The van der Waals surface area contributed by atoms with Crippen LogP contribution in [0.25, 0.3) is 11.2 Å². The van der Waals surface area contributed by atoms with Crippen LogP contribution in [0, 0.1) is 0 Å². The van der Waals surface area contributed by atoms with Crippen molar-refractivity contribution in [2.45, 2.75) is 6.42 Å². The second-order valence-corrected chi connectivity index (χ2v) is 4.24. The molecule has 2 aromatic heterocycles. The number of hydrogen-bond acceptors (Lipinski definition) is 3. The van der Waals surface area contributed by atoms with Crippen LogP contribution in [0.1, 0.15) is 11.4 Å². The van der Waals surface area contributed by atoms with Crippen molar-refractivity contribution in [3.8, 4) is 5.75 Å². The first-order valence-corrected chi connectivity index (χ1v) is 5.79. The summed E-state index contributed by atoms with van der Waals surface area (Å²) in [6.07, 6.45) is 2.35. The smallest absolute Gasteiger partial charge is 0.159 e. The Kier molecular flexibility index (Phi) is 2.48. The summed E-state index contributed by atoms with van der Waals surface area (Å²) in [4.78, 5) is 8.84. The van der Waals surface area contributed by atoms with Crippen LogP contribution in [-0.2, 0) is 13.5 Å². The molecule has 0 fully saturated rings. The fourth-order valence-corrected chi connectivity index (χ4v) is 2.06. The van der Waals surface area contributed by atoms with Crippen LogP contribution in [0.4, 0.5) is 0 Å². The van der Waals surface area contributed by atoms with E-state index in [1.165, 1.54) is 0 Å². The van der Waals surface area contributed by atoms with E-state index in [9.17, 15) is 5.11 Å². The Morgan fingerprint density at radius 2 is 2.00 bits per heavy atom. The second-order valence-electron chi connectivity index (χ2n) is 4.24. The summed E-state index contributed by atoms with van der Waals surface area (Å²) in [5.41, 5.74) is 2.62. The highest BCUT2D eigenvalue weighted by molar-refractivity contribution is 5.71. The fourth-order valence-electron chi connectivity index (χ4n) is 2.06. The summed E-state index contributed by atoms with van der Waals surface area (Å²) in [5, 5.41) is 9.78. The summed E-state index contributed by atoms with van der Waals surface area (Å²) in [6, 6.07) is 11.1. The minimum absolute atomic E-state index is 0.303. The van der Waals surface area contributed by atoms with E-state index in [1.54, 1.807) is 12.3 Å². The molecule has 4 heteroatoms. The van der Waals surface area contributed by atoms with E-state index < -0.39 is 0 Å². The lowest BCUT2D eigenvalue weighted by Crippen LogP contribution is -1.99. The van der Waals surface area contributed by atoms with E-state index in [1.807, 2.05) is 41.9 Å². The van der Waals surface area contributed by atoms with Crippen molar-refractivity contribution in [1.29, 1.82) is 0 Å². The summed E-state index contributed by atoms with van der Waals surface area (Å²) in [7, 11) is 1.94. The second kappa shape index (κ2) is 4.14. The van der Waals surface area contributed by atoms with Crippen molar-refractivity contribution in [3.05, 3.63) is 54.0 Å². The van der Waals surface area contributed by atoms with Gasteiger partial charge in [0.2, 0.25) is 0 Å². The van der Waals surface area contributed by atoms with Gasteiger partial charge in [-0.15, -0.1) is 0 Å². The molecule has 0 spiro atoms. The molecule has 1 N–H and O–H groups in total. The first kappa shape index (κ1) is 10.8. The van der Waals surface area contributed by atoms with E-state index in [2.05, 4.69) is 9.97 Å². The average molecular weight is 239 g/mol. The summed E-state index contributed by atoms with van der Waals surface area (Å²) < 4.78 is 1.96. The molecule has 0 aliphatic carbocycles. The number of para-hydroxylation sites is 1. The van der Waals surface area contributed by atoms with Gasteiger partial charge in [-0.25, -0.2) is 9.97 Å². The maximum atomic E-state index is 9.78. The van der Waals surface area contributed by atoms with Gasteiger partial charge in [0.1, 0.15) is 17.1 Å². The topological polar surface area (TPSA) is 50.9 Å². The molecule has 0 unspecified atom stereocenters. The molecule has 3 aromatic rings. The number of imidazole rings is 1. The van der Waals surface area contributed by atoms with E-state index in [4.69, 9.17) is 0 Å². The molecule has 0 amide bonds. The molecular formula is C14H13N3O. The number of benzene rings is 1. The number of pyridine rings is 1. The third-order valence-corrected chi connectivity index (χ3v) is 3.06. The molecule has 4 nitrogen and oxygen atoms in total. The van der Waals surface area contributed by atoms with Gasteiger partial charge in [-0.05, 0) is 18.2 Å². The number of phenolic OH excluding ortho intramolecular Hbond substituents is 1. The van der Waals surface area contributed by atoms with Gasteiger partial charge in [0.25, 0.3) is 0 Å². The Hall–Kier alpha value is -2.36. The van der Waals surface area contributed by atoms with Gasteiger partial charge in [0, 0.05) is 25.2 Å². The Bertz CT molecular complexity index is 703. The monoisotopic (exact) mass is 239 g/mol. The molecule has 90 valence electrons. The third-order valence-electron chi connectivity index (χ3n) is 3.06. The molecule has 0 radical (unpaired) electrons. The van der Waals surface area contributed by atoms with E-state index in [0.717, 1.165) is 22.6 Å². The maximum Gasteiger partial charge on any atom is 0.159 e. The van der Waals surface area contributed by atoms with Crippen molar-refractivity contribution in [1.82, 2.24) is 14.5 Å². The maximum absolute atomic E-state index is 9.78. The largest absolute Gasteiger partial charge is 0.508 e. The number of hydrogen-bond donors (Lipinski definition) is 1. The van der Waals surface area contributed by atoms with Crippen molar-refractivity contribution < 1.29 is 5.11 Å². The minimum atomic E-state index is 0.303. The Balaban J connectivity index is 2.06. The summed E-state index contributed by atoms with van der Waals surface area (Å²) >= 11 is 0. The number of nitrogens with zero attached hydrogens (tertiary/aromatic N) is 3. The lowest BCUT2D eigenvalue weighted by atomic mass is 10.1. The van der Waals surface area contributed by atoms with Gasteiger partial charge in [-0.2, -0.15) is 0 Å². The van der Waals surface area contributed by atoms with Gasteiger partial charge in [-0.1, -0.05) is 18.2 Å². The first-order valence-electron chi connectivity index (χ1n) is 5.79. The predicted molar refractivity (Wildman–Crippen MR) is 69.4 cm³/mol. The van der Waals surface area contributed by atoms with Crippen LogP contribution in [0.3, 0.4) is 0 Å². The van der Waals surface area contributed by atoms with Crippen molar-refractivity contribution in [2.24, 2.45) is 7.05 Å². The number of aryl methyl sites for hydroxylation is 1. The van der Waals surface area contributed by atoms with Crippen molar-refractivity contribution in [2.75, 3.05) is 0 Å². The lowest BCUT2D eigenvalue weighted by Gasteiger charge is -2.04. The standard InChI is InChI=1S/C14H13N3O/c1-17-13(9-10-5-2-3-7-12(10)18)16-11-6-4-8-15-14(11)17/h2-8,18H,9H2,1H3. The van der Waals surface area contributed by atoms with Crippen LogP contribution >= 0.6 is 0 Å². The molecule has 1 aromatic carbocycles. The number of aromatic hydroxyl groups is 1. The molecule has 0 saturated heterocycles. The van der Waals surface area contributed by atoms with Crippen LogP contribution in [-0.4, -0.2) is 19.6 Å². The quantitative estimate of drug-likeness (QED) is 0.746. The molecular weight excluding hydrogens is 226 g/mol. The van der Waals surface area contributed by atoms with Crippen LogP contribution in [0.5, 0.6) is 5.75 Å². The molecule has 0 bridgehead atoms. The fraction of sp³-hybridized carbons (Fsp3) is 0.143. The molecule has 0 atom stereocenters. The Morgan fingerprint density at radius 1 is 1.17 bits per heavy atom. The van der Waals surface area contributed by atoms with Gasteiger partial charge in [-0.3, -0.25) is 0 Å². The highest BCUT2D eigenvalue weighted by Gasteiger charge is 2.10. The number of aromatic nitrogens is 3. The van der Waals surface area contributed by atoms with Crippen molar-refractivity contribution in [3.63, 3.8) is 0 Å².